The fraction of sp³-hybridized carbons (Fsp3) is 0.105. The number of rotatable bonds is 2. The number of aromatic nitrogens is 2. The predicted molar refractivity (Wildman–Crippen MR) is 95.3 cm³/mol. The summed E-state index contributed by atoms with van der Waals surface area (Å²) < 4.78 is 1.13. The standard InChI is InChI=1S/C19H15BrN2/c1-12-5-4-8-17-19(12)22-18(21-17)11-13-9-10-16(20)15-7-3-2-6-14(13)15/h2-10H,11H2,1H3,(H,21,22). The number of para-hydroxylation sites is 1. The minimum absolute atomic E-state index is 0.807. The minimum Gasteiger partial charge on any atom is -0.341 e. The molecule has 0 fully saturated rings. The van der Waals surface area contributed by atoms with Crippen LogP contribution in [-0.2, 0) is 6.42 Å². The Bertz CT molecular complexity index is 985. The summed E-state index contributed by atoms with van der Waals surface area (Å²) in [5.41, 5.74) is 4.70. The third kappa shape index (κ3) is 2.22. The lowest BCUT2D eigenvalue weighted by molar-refractivity contribution is 1.05. The first-order valence-electron chi connectivity index (χ1n) is 7.33. The molecule has 0 unspecified atom stereocenters. The lowest BCUT2D eigenvalue weighted by Crippen LogP contribution is -1.92. The summed E-state index contributed by atoms with van der Waals surface area (Å²) in [6.07, 6.45) is 0.807. The molecule has 1 N–H and O–H groups in total. The highest BCUT2D eigenvalue weighted by Crippen LogP contribution is 2.28. The van der Waals surface area contributed by atoms with E-state index in [1.165, 1.54) is 21.9 Å². The van der Waals surface area contributed by atoms with Gasteiger partial charge in [0.25, 0.3) is 0 Å². The first kappa shape index (κ1) is 13.5. The smallest absolute Gasteiger partial charge is 0.111 e. The van der Waals surface area contributed by atoms with Crippen molar-refractivity contribution in [2.24, 2.45) is 0 Å². The first-order valence-corrected chi connectivity index (χ1v) is 8.12. The highest BCUT2D eigenvalue weighted by molar-refractivity contribution is 9.10. The molecule has 0 aliphatic carbocycles. The zero-order valence-corrected chi connectivity index (χ0v) is 13.8. The van der Waals surface area contributed by atoms with Gasteiger partial charge in [0.2, 0.25) is 0 Å². The van der Waals surface area contributed by atoms with Gasteiger partial charge in [-0.25, -0.2) is 4.98 Å². The molecule has 0 atom stereocenters. The zero-order valence-electron chi connectivity index (χ0n) is 12.2. The monoisotopic (exact) mass is 350 g/mol. The second-order valence-corrected chi connectivity index (χ2v) is 6.44. The van der Waals surface area contributed by atoms with E-state index in [0.29, 0.717) is 0 Å². The molecule has 0 saturated carbocycles. The molecule has 0 aliphatic rings. The highest BCUT2D eigenvalue weighted by atomic mass is 79.9. The number of nitrogens with one attached hydrogen (secondary N) is 1. The van der Waals surface area contributed by atoms with Gasteiger partial charge in [-0.2, -0.15) is 0 Å². The number of aryl methyl sites for hydroxylation is 1. The molecule has 0 saturated heterocycles. The van der Waals surface area contributed by atoms with Crippen LogP contribution >= 0.6 is 15.9 Å². The zero-order chi connectivity index (χ0) is 15.1. The van der Waals surface area contributed by atoms with Gasteiger partial charge in [-0.05, 0) is 41.0 Å². The molecule has 1 aromatic heterocycles. The van der Waals surface area contributed by atoms with Gasteiger partial charge in [0.05, 0.1) is 11.0 Å². The molecule has 0 aliphatic heterocycles. The number of H-pyrrole nitrogens is 1. The van der Waals surface area contributed by atoms with Crippen molar-refractivity contribution < 1.29 is 0 Å². The Morgan fingerprint density at radius 3 is 2.59 bits per heavy atom. The summed E-state index contributed by atoms with van der Waals surface area (Å²) >= 11 is 3.63. The average Bonchev–Trinajstić information content (AvgIpc) is 2.95. The van der Waals surface area contributed by atoms with Gasteiger partial charge in [-0.15, -0.1) is 0 Å². The van der Waals surface area contributed by atoms with Crippen LogP contribution < -0.4 is 0 Å². The third-order valence-electron chi connectivity index (χ3n) is 4.09. The Morgan fingerprint density at radius 2 is 1.77 bits per heavy atom. The van der Waals surface area contributed by atoms with Crippen molar-refractivity contribution in [2.75, 3.05) is 0 Å². The van der Waals surface area contributed by atoms with Crippen LogP contribution in [0.15, 0.2) is 59.1 Å². The molecular weight excluding hydrogens is 336 g/mol. The maximum absolute atomic E-state index is 4.73. The van der Waals surface area contributed by atoms with Gasteiger partial charge >= 0.3 is 0 Å². The topological polar surface area (TPSA) is 28.7 Å². The molecule has 2 nitrogen and oxygen atoms in total. The normalized spacial score (nSPS) is 11.4. The number of benzene rings is 3. The van der Waals surface area contributed by atoms with Crippen molar-refractivity contribution in [2.45, 2.75) is 13.3 Å². The number of nitrogens with zero attached hydrogens (tertiary/aromatic N) is 1. The quantitative estimate of drug-likeness (QED) is 0.516. The molecule has 0 amide bonds. The molecule has 0 bridgehead atoms. The minimum atomic E-state index is 0.807. The lowest BCUT2D eigenvalue weighted by Gasteiger charge is -2.06. The van der Waals surface area contributed by atoms with E-state index in [2.05, 4.69) is 82.4 Å². The maximum atomic E-state index is 4.73. The van der Waals surface area contributed by atoms with E-state index in [9.17, 15) is 0 Å². The number of hydrogen-bond acceptors (Lipinski definition) is 1. The van der Waals surface area contributed by atoms with E-state index >= 15 is 0 Å². The molecule has 108 valence electrons. The number of halogens is 1. The van der Waals surface area contributed by atoms with E-state index in [-0.39, 0.29) is 0 Å². The predicted octanol–water partition coefficient (Wildman–Crippen LogP) is 5.38. The van der Waals surface area contributed by atoms with E-state index in [1.54, 1.807) is 0 Å². The van der Waals surface area contributed by atoms with Crippen LogP contribution in [0.5, 0.6) is 0 Å². The van der Waals surface area contributed by atoms with Crippen molar-refractivity contribution in [1.29, 1.82) is 0 Å². The van der Waals surface area contributed by atoms with Gasteiger partial charge in [0.15, 0.2) is 0 Å². The van der Waals surface area contributed by atoms with Crippen LogP contribution in [0.3, 0.4) is 0 Å². The van der Waals surface area contributed by atoms with Crippen LogP contribution in [-0.4, -0.2) is 9.97 Å². The number of aromatic amines is 1. The summed E-state index contributed by atoms with van der Waals surface area (Å²) in [6.45, 7) is 2.11. The van der Waals surface area contributed by atoms with Crippen LogP contribution in [0.2, 0.25) is 0 Å². The number of fused-ring (bicyclic) bond motifs is 2. The van der Waals surface area contributed by atoms with E-state index in [0.717, 1.165) is 27.8 Å². The second kappa shape index (κ2) is 5.25. The Hall–Kier alpha value is -2.13. The first-order chi connectivity index (χ1) is 10.7. The van der Waals surface area contributed by atoms with Gasteiger partial charge in [0, 0.05) is 10.9 Å². The Kier molecular flexibility index (Phi) is 3.23. The molecule has 3 aromatic carbocycles. The molecule has 0 spiro atoms. The molecule has 1 heterocycles. The Morgan fingerprint density at radius 1 is 0.955 bits per heavy atom. The van der Waals surface area contributed by atoms with Crippen LogP contribution in [0.1, 0.15) is 17.0 Å². The van der Waals surface area contributed by atoms with E-state index in [4.69, 9.17) is 4.98 Å². The summed E-state index contributed by atoms with van der Waals surface area (Å²) in [5.74, 6) is 1.01. The van der Waals surface area contributed by atoms with Gasteiger partial charge < -0.3 is 4.98 Å². The summed E-state index contributed by atoms with van der Waals surface area (Å²) in [6, 6.07) is 19.0. The number of imidazole rings is 1. The summed E-state index contributed by atoms with van der Waals surface area (Å²) in [4.78, 5) is 8.20. The van der Waals surface area contributed by atoms with Crippen LogP contribution in [0.4, 0.5) is 0 Å². The van der Waals surface area contributed by atoms with Crippen molar-refractivity contribution in [3.63, 3.8) is 0 Å². The molecular formula is C19H15BrN2. The molecule has 0 radical (unpaired) electrons. The van der Waals surface area contributed by atoms with Gasteiger partial charge in [-0.3, -0.25) is 0 Å². The van der Waals surface area contributed by atoms with Crippen LogP contribution in [0.25, 0.3) is 21.8 Å². The van der Waals surface area contributed by atoms with Crippen molar-refractivity contribution in [1.82, 2.24) is 9.97 Å². The van der Waals surface area contributed by atoms with Gasteiger partial charge in [-0.1, -0.05) is 58.4 Å². The largest absolute Gasteiger partial charge is 0.341 e. The maximum Gasteiger partial charge on any atom is 0.111 e. The van der Waals surface area contributed by atoms with Crippen LogP contribution in [0, 0.1) is 6.92 Å². The Labute approximate surface area is 137 Å². The second-order valence-electron chi connectivity index (χ2n) is 5.58. The SMILES string of the molecule is Cc1cccc2nc(Cc3ccc(Br)c4ccccc34)[nH]c12. The molecule has 22 heavy (non-hydrogen) atoms. The van der Waals surface area contributed by atoms with Crippen molar-refractivity contribution in [3.8, 4) is 0 Å². The molecule has 4 aromatic rings. The van der Waals surface area contributed by atoms with Crippen molar-refractivity contribution in [3.05, 3.63) is 76.0 Å². The number of hydrogen-bond donors (Lipinski definition) is 1. The average molecular weight is 351 g/mol. The lowest BCUT2D eigenvalue weighted by atomic mass is 10.0. The van der Waals surface area contributed by atoms with E-state index in [1.807, 2.05) is 0 Å². The summed E-state index contributed by atoms with van der Waals surface area (Å²) in [7, 11) is 0. The van der Waals surface area contributed by atoms with Gasteiger partial charge in [0.1, 0.15) is 5.82 Å². The molecule has 4 rings (SSSR count). The molecule has 3 heteroatoms. The Balaban J connectivity index is 1.82. The summed E-state index contributed by atoms with van der Waals surface area (Å²) in [5, 5.41) is 2.52. The van der Waals surface area contributed by atoms with Crippen molar-refractivity contribution >= 4 is 37.7 Å². The third-order valence-corrected chi connectivity index (χ3v) is 4.79. The van der Waals surface area contributed by atoms with E-state index < -0.39 is 0 Å². The highest BCUT2D eigenvalue weighted by Gasteiger charge is 2.09. The fourth-order valence-electron chi connectivity index (χ4n) is 2.97. The fourth-order valence-corrected chi connectivity index (χ4v) is 3.45.